The summed E-state index contributed by atoms with van der Waals surface area (Å²) < 4.78 is 10.5. The number of fused-ring (bicyclic) bond motifs is 1. The highest BCUT2D eigenvalue weighted by molar-refractivity contribution is 5.78. The average Bonchev–Trinajstić information content (AvgIpc) is 2.61. The Morgan fingerprint density at radius 2 is 1.88 bits per heavy atom. The summed E-state index contributed by atoms with van der Waals surface area (Å²) in [6, 6.07) is 13.1. The van der Waals surface area contributed by atoms with E-state index in [0.29, 0.717) is 34.9 Å². The largest absolute Gasteiger partial charge is 0.493 e. The SMILES string of the molecule is COc1ccc(CCNc2nc3ccccc3c(=O)[nH]2)cc1OC. The van der Waals surface area contributed by atoms with Crippen molar-refractivity contribution in [2.24, 2.45) is 0 Å². The van der Waals surface area contributed by atoms with Crippen molar-refractivity contribution in [3.8, 4) is 11.5 Å². The molecule has 0 saturated heterocycles. The molecule has 24 heavy (non-hydrogen) atoms. The molecule has 0 fully saturated rings. The number of methoxy groups -OCH3 is 2. The molecule has 0 unspecified atom stereocenters. The zero-order valence-electron chi connectivity index (χ0n) is 13.6. The van der Waals surface area contributed by atoms with Crippen LogP contribution < -0.4 is 20.3 Å². The van der Waals surface area contributed by atoms with Gasteiger partial charge in [-0.25, -0.2) is 4.98 Å². The Bertz CT molecular complexity index is 905. The Hall–Kier alpha value is -3.02. The van der Waals surface area contributed by atoms with Gasteiger partial charge in [-0.3, -0.25) is 9.78 Å². The van der Waals surface area contributed by atoms with E-state index in [-0.39, 0.29) is 5.56 Å². The zero-order valence-corrected chi connectivity index (χ0v) is 13.6. The third kappa shape index (κ3) is 3.32. The summed E-state index contributed by atoms with van der Waals surface area (Å²) in [6.45, 7) is 0.636. The van der Waals surface area contributed by atoms with Crippen LogP contribution in [0.2, 0.25) is 0 Å². The smallest absolute Gasteiger partial charge is 0.260 e. The highest BCUT2D eigenvalue weighted by Gasteiger charge is 2.05. The second kappa shape index (κ2) is 7.04. The molecule has 124 valence electrons. The lowest BCUT2D eigenvalue weighted by molar-refractivity contribution is 0.354. The van der Waals surface area contributed by atoms with Crippen LogP contribution in [0.5, 0.6) is 11.5 Å². The molecule has 6 heteroatoms. The van der Waals surface area contributed by atoms with Crippen LogP contribution in [0.25, 0.3) is 10.9 Å². The molecule has 2 aromatic carbocycles. The Morgan fingerprint density at radius 3 is 2.67 bits per heavy atom. The lowest BCUT2D eigenvalue weighted by Gasteiger charge is -2.10. The van der Waals surface area contributed by atoms with Gasteiger partial charge in [-0.15, -0.1) is 0 Å². The summed E-state index contributed by atoms with van der Waals surface area (Å²) in [5.74, 6) is 1.88. The van der Waals surface area contributed by atoms with Crippen LogP contribution in [0.1, 0.15) is 5.56 Å². The molecule has 0 spiro atoms. The quantitative estimate of drug-likeness (QED) is 0.728. The molecule has 0 aliphatic heterocycles. The van der Waals surface area contributed by atoms with Crippen molar-refractivity contribution in [1.82, 2.24) is 9.97 Å². The summed E-state index contributed by atoms with van der Waals surface area (Å²) in [6.07, 6.45) is 0.761. The van der Waals surface area contributed by atoms with Gasteiger partial charge in [0.15, 0.2) is 11.5 Å². The molecule has 0 bridgehead atoms. The Labute approximate surface area is 139 Å². The van der Waals surface area contributed by atoms with Gasteiger partial charge >= 0.3 is 0 Å². The number of anilines is 1. The predicted octanol–water partition coefficient (Wildman–Crippen LogP) is 2.59. The van der Waals surface area contributed by atoms with E-state index in [2.05, 4.69) is 15.3 Å². The van der Waals surface area contributed by atoms with Gasteiger partial charge in [0.05, 0.1) is 25.1 Å². The maximum atomic E-state index is 12.0. The standard InChI is InChI=1S/C18H19N3O3/c1-23-15-8-7-12(11-16(15)24-2)9-10-19-18-20-14-6-4-3-5-13(14)17(22)21-18/h3-8,11H,9-10H2,1-2H3,(H2,19,20,21,22). The third-order valence-corrected chi connectivity index (χ3v) is 3.77. The van der Waals surface area contributed by atoms with Gasteiger partial charge in [0.2, 0.25) is 5.95 Å². The highest BCUT2D eigenvalue weighted by atomic mass is 16.5. The van der Waals surface area contributed by atoms with Crippen LogP contribution in [0.15, 0.2) is 47.3 Å². The third-order valence-electron chi connectivity index (χ3n) is 3.77. The summed E-state index contributed by atoms with van der Waals surface area (Å²) in [5.41, 5.74) is 1.63. The van der Waals surface area contributed by atoms with Crippen LogP contribution in [0, 0.1) is 0 Å². The molecule has 3 aromatic rings. The molecular formula is C18H19N3O3. The minimum absolute atomic E-state index is 0.144. The number of nitrogens with zero attached hydrogens (tertiary/aromatic N) is 1. The van der Waals surface area contributed by atoms with Crippen molar-refractivity contribution in [2.75, 3.05) is 26.1 Å². The average molecular weight is 325 g/mol. The van der Waals surface area contributed by atoms with Gasteiger partial charge in [0.25, 0.3) is 5.56 Å². The molecule has 1 heterocycles. The Morgan fingerprint density at radius 1 is 1.08 bits per heavy atom. The fourth-order valence-corrected chi connectivity index (χ4v) is 2.53. The molecule has 2 N–H and O–H groups in total. The number of aromatic amines is 1. The monoisotopic (exact) mass is 325 g/mol. The first-order valence-electron chi connectivity index (χ1n) is 7.65. The van der Waals surface area contributed by atoms with Crippen molar-refractivity contribution >= 4 is 16.9 Å². The van der Waals surface area contributed by atoms with E-state index >= 15 is 0 Å². The number of ether oxygens (including phenoxy) is 2. The number of para-hydroxylation sites is 1. The normalized spacial score (nSPS) is 10.6. The first kappa shape index (κ1) is 15.9. The molecule has 0 radical (unpaired) electrons. The van der Waals surface area contributed by atoms with E-state index in [1.165, 1.54) is 0 Å². The number of nitrogens with one attached hydrogen (secondary N) is 2. The Kier molecular flexibility index (Phi) is 4.65. The van der Waals surface area contributed by atoms with Gasteiger partial charge in [0, 0.05) is 6.54 Å². The fraction of sp³-hybridized carbons (Fsp3) is 0.222. The van der Waals surface area contributed by atoms with Crippen LogP contribution in [-0.2, 0) is 6.42 Å². The first-order valence-corrected chi connectivity index (χ1v) is 7.65. The molecule has 0 aliphatic rings. The lowest BCUT2D eigenvalue weighted by atomic mass is 10.1. The fourth-order valence-electron chi connectivity index (χ4n) is 2.53. The number of H-pyrrole nitrogens is 1. The first-order chi connectivity index (χ1) is 11.7. The topological polar surface area (TPSA) is 76.2 Å². The van der Waals surface area contributed by atoms with E-state index in [0.717, 1.165) is 12.0 Å². The van der Waals surface area contributed by atoms with Crippen molar-refractivity contribution in [3.63, 3.8) is 0 Å². The molecular weight excluding hydrogens is 306 g/mol. The van der Waals surface area contributed by atoms with E-state index in [1.807, 2.05) is 36.4 Å². The molecule has 0 saturated carbocycles. The maximum absolute atomic E-state index is 12.0. The van der Waals surface area contributed by atoms with Crippen LogP contribution in [0.3, 0.4) is 0 Å². The lowest BCUT2D eigenvalue weighted by Crippen LogP contribution is -2.14. The number of hydrogen-bond donors (Lipinski definition) is 2. The Balaban J connectivity index is 1.69. The molecule has 0 atom stereocenters. The second-order valence-electron chi connectivity index (χ2n) is 5.30. The van der Waals surface area contributed by atoms with E-state index in [4.69, 9.17) is 9.47 Å². The molecule has 3 rings (SSSR count). The summed E-state index contributed by atoms with van der Waals surface area (Å²) in [5, 5.41) is 3.74. The van der Waals surface area contributed by atoms with Crippen molar-refractivity contribution in [2.45, 2.75) is 6.42 Å². The number of hydrogen-bond acceptors (Lipinski definition) is 5. The van der Waals surface area contributed by atoms with Gasteiger partial charge in [-0.05, 0) is 36.2 Å². The molecule has 0 aliphatic carbocycles. The summed E-state index contributed by atoms with van der Waals surface area (Å²) >= 11 is 0. The number of aromatic nitrogens is 2. The highest BCUT2D eigenvalue weighted by Crippen LogP contribution is 2.27. The van der Waals surface area contributed by atoms with Gasteiger partial charge < -0.3 is 14.8 Å². The number of benzene rings is 2. The minimum Gasteiger partial charge on any atom is -0.493 e. The van der Waals surface area contributed by atoms with Gasteiger partial charge in [0.1, 0.15) is 0 Å². The molecule has 6 nitrogen and oxygen atoms in total. The maximum Gasteiger partial charge on any atom is 0.260 e. The zero-order chi connectivity index (χ0) is 16.9. The minimum atomic E-state index is -0.144. The summed E-state index contributed by atoms with van der Waals surface area (Å²) in [7, 11) is 3.23. The van der Waals surface area contributed by atoms with Gasteiger partial charge in [-0.1, -0.05) is 18.2 Å². The van der Waals surface area contributed by atoms with Crippen molar-refractivity contribution in [1.29, 1.82) is 0 Å². The second-order valence-corrected chi connectivity index (χ2v) is 5.30. The van der Waals surface area contributed by atoms with E-state index < -0.39 is 0 Å². The van der Waals surface area contributed by atoms with Crippen molar-refractivity contribution < 1.29 is 9.47 Å². The van der Waals surface area contributed by atoms with Crippen molar-refractivity contribution in [3.05, 3.63) is 58.4 Å². The number of rotatable bonds is 6. The molecule has 1 aromatic heterocycles. The van der Waals surface area contributed by atoms with Crippen LogP contribution in [-0.4, -0.2) is 30.7 Å². The van der Waals surface area contributed by atoms with E-state index in [9.17, 15) is 4.79 Å². The van der Waals surface area contributed by atoms with Gasteiger partial charge in [-0.2, -0.15) is 0 Å². The summed E-state index contributed by atoms with van der Waals surface area (Å²) in [4.78, 5) is 19.2. The molecule has 0 amide bonds. The van der Waals surface area contributed by atoms with Crippen LogP contribution >= 0.6 is 0 Å². The van der Waals surface area contributed by atoms with Crippen LogP contribution in [0.4, 0.5) is 5.95 Å². The predicted molar refractivity (Wildman–Crippen MR) is 94.1 cm³/mol. The van der Waals surface area contributed by atoms with E-state index in [1.54, 1.807) is 20.3 Å².